The van der Waals surface area contributed by atoms with Gasteiger partial charge in [-0.25, -0.2) is 4.79 Å². The van der Waals surface area contributed by atoms with Crippen LogP contribution >= 0.6 is 0 Å². The molecule has 0 saturated heterocycles. The molecular formula is C23H20N6O3. The lowest BCUT2D eigenvalue weighted by molar-refractivity contribution is 0.0526. The Morgan fingerprint density at radius 2 is 1.97 bits per heavy atom. The molecule has 0 amide bonds. The average Bonchev–Trinajstić information content (AvgIpc) is 3.47. The third kappa shape index (κ3) is 4.34. The Bertz CT molecular complexity index is 1280. The highest BCUT2D eigenvalue weighted by Crippen LogP contribution is 2.22. The number of hydrogen-bond acceptors (Lipinski definition) is 7. The van der Waals surface area contributed by atoms with Crippen LogP contribution in [0.4, 0.5) is 0 Å². The zero-order valence-corrected chi connectivity index (χ0v) is 17.6. The van der Waals surface area contributed by atoms with Crippen molar-refractivity contribution in [1.29, 1.82) is 5.26 Å². The zero-order chi connectivity index (χ0) is 22.5. The van der Waals surface area contributed by atoms with Gasteiger partial charge in [0.1, 0.15) is 17.0 Å². The first-order valence-corrected chi connectivity index (χ1v) is 9.92. The topological polar surface area (TPSA) is 108 Å². The molecule has 0 unspecified atom stereocenters. The van der Waals surface area contributed by atoms with Crippen LogP contribution in [0.15, 0.2) is 60.9 Å². The lowest BCUT2D eigenvalue weighted by Crippen LogP contribution is -2.08. The second-order valence-corrected chi connectivity index (χ2v) is 6.87. The van der Waals surface area contributed by atoms with Crippen LogP contribution in [0.5, 0.6) is 5.75 Å². The van der Waals surface area contributed by atoms with Gasteiger partial charge in [0.15, 0.2) is 5.82 Å². The second-order valence-electron chi connectivity index (χ2n) is 6.87. The summed E-state index contributed by atoms with van der Waals surface area (Å²) in [5.74, 6) is 0.554. The van der Waals surface area contributed by atoms with Gasteiger partial charge in [0.05, 0.1) is 38.1 Å². The minimum absolute atomic E-state index is 0.238. The molecular weight excluding hydrogens is 408 g/mol. The molecule has 4 rings (SSSR count). The summed E-state index contributed by atoms with van der Waals surface area (Å²) in [5, 5.41) is 22.0. The number of methoxy groups -OCH3 is 1. The van der Waals surface area contributed by atoms with E-state index < -0.39 is 5.97 Å². The van der Waals surface area contributed by atoms with E-state index in [-0.39, 0.29) is 12.2 Å². The normalized spacial score (nSPS) is 10.5. The summed E-state index contributed by atoms with van der Waals surface area (Å²) >= 11 is 0. The van der Waals surface area contributed by atoms with Crippen molar-refractivity contribution in [3.63, 3.8) is 0 Å². The zero-order valence-electron chi connectivity index (χ0n) is 17.6. The van der Waals surface area contributed by atoms with Crippen molar-refractivity contribution < 1.29 is 14.3 Å². The molecule has 2 heterocycles. The molecule has 0 radical (unpaired) electrons. The first kappa shape index (κ1) is 20.8. The maximum Gasteiger partial charge on any atom is 0.343 e. The smallest absolute Gasteiger partial charge is 0.343 e. The molecule has 2 aromatic heterocycles. The molecule has 0 N–H and O–H groups in total. The Kier molecular flexibility index (Phi) is 5.94. The highest BCUT2D eigenvalue weighted by Gasteiger charge is 2.21. The van der Waals surface area contributed by atoms with Crippen LogP contribution < -0.4 is 4.74 Å². The Morgan fingerprint density at radius 3 is 2.69 bits per heavy atom. The van der Waals surface area contributed by atoms with E-state index >= 15 is 0 Å². The van der Waals surface area contributed by atoms with Gasteiger partial charge in [0, 0.05) is 11.8 Å². The summed E-state index contributed by atoms with van der Waals surface area (Å²) in [7, 11) is 1.61. The first-order chi connectivity index (χ1) is 15.6. The largest absolute Gasteiger partial charge is 0.497 e. The number of aromatic nitrogens is 5. The summed E-state index contributed by atoms with van der Waals surface area (Å²) in [4.78, 5) is 12.6. The average molecular weight is 428 g/mol. The second kappa shape index (κ2) is 9.14. The number of benzene rings is 2. The number of nitrogens with zero attached hydrogens (tertiary/aromatic N) is 6. The highest BCUT2D eigenvalue weighted by molar-refractivity contribution is 5.92. The van der Waals surface area contributed by atoms with E-state index in [1.807, 2.05) is 36.4 Å². The van der Waals surface area contributed by atoms with Crippen molar-refractivity contribution in [3.8, 4) is 28.9 Å². The molecule has 160 valence electrons. The Labute approximate surface area is 184 Å². The van der Waals surface area contributed by atoms with Crippen LogP contribution in [-0.4, -0.2) is 44.5 Å². The maximum absolute atomic E-state index is 12.6. The lowest BCUT2D eigenvalue weighted by atomic mass is 10.1. The van der Waals surface area contributed by atoms with E-state index in [1.54, 1.807) is 43.2 Å². The molecule has 4 aromatic rings. The predicted octanol–water partition coefficient (Wildman–Crippen LogP) is 3.24. The summed E-state index contributed by atoms with van der Waals surface area (Å²) in [6.45, 7) is 2.36. The molecule has 0 saturated carbocycles. The number of carbonyl (C=O) groups excluding carboxylic acids is 1. The van der Waals surface area contributed by atoms with E-state index in [4.69, 9.17) is 14.7 Å². The van der Waals surface area contributed by atoms with E-state index in [9.17, 15) is 4.79 Å². The van der Waals surface area contributed by atoms with Crippen molar-refractivity contribution >= 4 is 5.97 Å². The molecule has 9 nitrogen and oxygen atoms in total. The van der Waals surface area contributed by atoms with Crippen LogP contribution in [0.25, 0.3) is 17.1 Å². The standard InChI is InChI=1S/C23H20N6O3/c1-3-32-23(30)20-14-28(13-17-6-4-5-16(11-17)12-24)26-22(20)29-15-21(25-27-29)18-7-9-19(31-2)10-8-18/h4-11,14-15H,3,13H2,1-2H3. The number of carbonyl (C=O) groups is 1. The van der Waals surface area contributed by atoms with Crippen LogP contribution in [0.1, 0.15) is 28.4 Å². The van der Waals surface area contributed by atoms with Gasteiger partial charge in [0.2, 0.25) is 0 Å². The number of nitriles is 1. The third-order valence-corrected chi connectivity index (χ3v) is 4.73. The number of ether oxygens (including phenoxy) is 2. The molecule has 32 heavy (non-hydrogen) atoms. The fourth-order valence-corrected chi connectivity index (χ4v) is 3.20. The van der Waals surface area contributed by atoms with Crippen LogP contribution in [0, 0.1) is 11.3 Å². The lowest BCUT2D eigenvalue weighted by Gasteiger charge is -2.02. The van der Waals surface area contributed by atoms with E-state index in [0.717, 1.165) is 16.9 Å². The summed E-state index contributed by atoms with van der Waals surface area (Å²) in [5.41, 5.74) is 3.18. The molecule has 0 aliphatic rings. The van der Waals surface area contributed by atoms with Crippen LogP contribution in [-0.2, 0) is 11.3 Å². The monoisotopic (exact) mass is 428 g/mol. The highest BCUT2D eigenvalue weighted by atomic mass is 16.5. The predicted molar refractivity (Wildman–Crippen MR) is 115 cm³/mol. The molecule has 0 atom stereocenters. The molecule has 0 fully saturated rings. The minimum atomic E-state index is -0.499. The Hall–Kier alpha value is -4.45. The molecule has 0 bridgehead atoms. The van der Waals surface area contributed by atoms with Gasteiger partial charge in [-0.3, -0.25) is 4.68 Å². The van der Waals surface area contributed by atoms with E-state index in [2.05, 4.69) is 21.5 Å². The van der Waals surface area contributed by atoms with Crippen LogP contribution in [0.3, 0.4) is 0 Å². The maximum atomic E-state index is 12.6. The van der Waals surface area contributed by atoms with Crippen molar-refractivity contribution in [2.24, 2.45) is 0 Å². The molecule has 0 spiro atoms. The minimum Gasteiger partial charge on any atom is -0.497 e. The summed E-state index contributed by atoms with van der Waals surface area (Å²) in [6.07, 6.45) is 3.31. The van der Waals surface area contributed by atoms with Crippen molar-refractivity contribution in [2.45, 2.75) is 13.5 Å². The fourth-order valence-electron chi connectivity index (χ4n) is 3.20. The summed E-state index contributed by atoms with van der Waals surface area (Å²) in [6, 6.07) is 16.8. The SMILES string of the molecule is CCOC(=O)c1cn(Cc2cccc(C#N)c2)nc1-n1cc(-c2ccc(OC)cc2)nn1. The Balaban J connectivity index is 1.68. The van der Waals surface area contributed by atoms with Crippen molar-refractivity contribution in [2.75, 3.05) is 13.7 Å². The van der Waals surface area contributed by atoms with Crippen molar-refractivity contribution in [1.82, 2.24) is 24.8 Å². The summed E-state index contributed by atoms with van der Waals surface area (Å²) < 4.78 is 13.5. The molecule has 2 aromatic carbocycles. The third-order valence-electron chi connectivity index (χ3n) is 4.73. The van der Waals surface area contributed by atoms with Gasteiger partial charge in [-0.1, -0.05) is 17.3 Å². The molecule has 9 heteroatoms. The quantitative estimate of drug-likeness (QED) is 0.416. The van der Waals surface area contributed by atoms with Crippen molar-refractivity contribution in [3.05, 3.63) is 77.6 Å². The molecule has 0 aliphatic carbocycles. The Morgan fingerprint density at radius 1 is 1.16 bits per heavy atom. The van der Waals surface area contributed by atoms with Gasteiger partial charge < -0.3 is 9.47 Å². The first-order valence-electron chi connectivity index (χ1n) is 9.92. The van der Waals surface area contributed by atoms with Gasteiger partial charge in [-0.05, 0) is 48.9 Å². The van der Waals surface area contributed by atoms with Gasteiger partial charge in [-0.15, -0.1) is 5.10 Å². The van der Waals surface area contributed by atoms with E-state index in [0.29, 0.717) is 23.6 Å². The number of hydrogen-bond donors (Lipinski definition) is 0. The number of esters is 1. The molecule has 0 aliphatic heterocycles. The van der Waals surface area contributed by atoms with E-state index in [1.165, 1.54) is 4.68 Å². The van der Waals surface area contributed by atoms with Gasteiger partial charge >= 0.3 is 5.97 Å². The van der Waals surface area contributed by atoms with Gasteiger partial charge in [0.25, 0.3) is 0 Å². The van der Waals surface area contributed by atoms with Gasteiger partial charge in [-0.2, -0.15) is 15.0 Å². The fraction of sp³-hybridized carbons (Fsp3) is 0.174. The number of rotatable bonds is 7. The van der Waals surface area contributed by atoms with Crippen LogP contribution in [0.2, 0.25) is 0 Å².